The van der Waals surface area contributed by atoms with Crippen molar-refractivity contribution >= 4 is 23.2 Å². The summed E-state index contributed by atoms with van der Waals surface area (Å²) in [6.45, 7) is 3.08. The lowest BCUT2D eigenvalue weighted by Gasteiger charge is -2.36. The summed E-state index contributed by atoms with van der Waals surface area (Å²) >= 11 is 6.12. The van der Waals surface area contributed by atoms with Crippen LogP contribution in [0.1, 0.15) is 21.5 Å². The van der Waals surface area contributed by atoms with E-state index in [2.05, 4.69) is 41.3 Å². The average Bonchev–Trinajstić information content (AvgIpc) is 2.78. The van der Waals surface area contributed by atoms with Crippen molar-refractivity contribution < 1.29 is 4.79 Å². The zero-order valence-electron chi connectivity index (χ0n) is 16.4. The highest BCUT2D eigenvalue weighted by molar-refractivity contribution is 6.30. The number of nitrogens with zero attached hydrogens (tertiary/aromatic N) is 2. The number of amides is 1. The van der Waals surface area contributed by atoms with Crippen LogP contribution in [0.4, 0.5) is 5.69 Å². The monoisotopic (exact) mass is 404 g/mol. The van der Waals surface area contributed by atoms with Crippen LogP contribution in [0.25, 0.3) is 0 Å². The standard InChI is InChI=1S/C25H25ClN2O/c26-22-10-6-11-23(19-22)27-15-17-28(18-16-27)25(29)24-12-5-4-9-21(24)14-13-20-7-2-1-3-8-20/h1-12,19H,13-18H2. The number of benzene rings is 3. The third-order valence-electron chi connectivity index (χ3n) is 5.51. The second kappa shape index (κ2) is 9.15. The van der Waals surface area contributed by atoms with Gasteiger partial charge in [0.1, 0.15) is 0 Å². The minimum atomic E-state index is 0.138. The van der Waals surface area contributed by atoms with E-state index in [9.17, 15) is 4.79 Å². The molecule has 0 saturated carbocycles. The maximum Gasteiger partial charge on any atom is 0.254 e. The minimum absolute atomic E-state index is 0.138. The Morgan fingerprint density at radius 1 is 0.793 bits per heavy atom. The molecule has 3 aromatic carbocycles. The highest BCUT2D eigenvalue weighted by Gasteiger charge is 2.23. The van der Waals surface area contributed by atoms with Gasteiger partial charge in [-0.25, -0.2) is 0 Å². The highest BCUT2D eigenvalue weighted by Crippen LogP contribution is 2.22. The van der Waals surface area contributed by atoms with Crippen LogP contribution in [0.5, 0.6) is 0 Å². The molecule has 1 aliphatic rings. The molecule has 0 radical (unpaired) electrons. The molecule has 0 unspecified atom stereocenters. The maximum atomic E-state index is 13.2. The Kier molecular flexibility index (Phi) is 6.16. The molecule has 1 saturated heterocycles. The van der Waals surface area contributed by atoms with Crippen molar-refractivity contribution in [3.63, 3.8) is 0 Å². The van der Waals surface area contributed by atoms with Gasteiger partial charge < -0.3 is 9.80 Å². The number of aryl methyl sites for hydroxylation is 2. The van der Waals surface area contributed by atoms with Crippen molar-refractivity contribution in [2.75, 3.05) is 31.1 Å². The van der Waals surface area contributed by atoms with Crippen molar-refractivity contribution in [3.8, 4) is 0 Å². The Morgan fingerprint density at radius 3 is 2.28 bits per heavy atom. The number of halogens is 1. The van der Waals surface area contributed by atoms with Crippen molar-refractivity contribution in [1.29, 1.82) is 0 Å². The molecule has 0 aliphatic carbocycles. The molecule has 148 valence electrons. The molecule has 3 nitrogen and oxygen atoms in total. The molecule has 1 amide bonds. The summed E-state index contributed by atoms with van der Waals surface area (Å²) in [6.07, 6.45) is 1.81. The summed E-state index contributed by atoms with van der Waals surface area (Å²) < 4.78 is 0. The average molecular weight is 405 g/mol. The molecule has 1 heterocycles. The van der Waals surface area contributed by atoms with E-state index in [1.165, 1.54) is 5.56 Å². The molecule has 4 rings (SSSR count). The fourth-order valence-electron chi connectivity index (χ4n) is 3.88. The van der Waals surface area contributed by atoms with Crippen LogP contribution >= 0.6 is 11.6 Å². The zero-order valence-corrected chi connectivity index (χ0v) is 17.2. The van der Waals surface area contributed by atoms with E-state index in [1.807, 2.05) is 47.4 Å². The molecular formula is C25H25ClN2O. The smallest absolute Gasteiger partial charge is 0.254 e. The predicted octanol–water partition coefficient (Wildman–Crippen LogP) is 5.09. The van der Waals surface area contributed by atoms with Crippen LogP contribution in [0.2, 0.25) is 5.02 Å². The van der Waals surface area contributed by atoms with Gasteiger partial charge in [-0.15, -0.1) is 0 Å². The Bertz CT molecular complexity index is 965. The Balaban J connectivity index is 1.41. The van der Waals surface area contributed by atoms with E-state index in [4.69, 9.17) is 11.6 Å². The SMILES string of the molecule is O=C(c1ccccc1CCc1ccccc1)N1CCN(c2cccc(Cl)c2)CC1. The van der Waals surface area contributed by atoms with Gasteiger partial charge in [0.15, 0.2) is 0 Å². The summed E-state index contributed by atoms with van der Waals surface area (Å²) in [5, 5.41) is 0.744. The van der Waals surface area contributed by atoms with Crippen LogP contribution in [-0.2, 0) is 12.8 Å². The lowest BCUT2D eigenvalue weighted by molar-refractivity contribution is 0.0745. The van der Waals surface area contributed by atoms with E-state index in [0.717, 1.165) is 60.9 Å². The number of carbonyl (C=O) groups is 1. The maximum absolute atomic E-state index is 13.2. The number of anilines is 1. The molecular weight excluding hydrogens is 380 g/mol. The largest absolute Gasteiger partial charge is 0.368 e. The van der Waals surface area contributed by atoms with Gasteiger partial charge >= 0.3 is 0 Å². The predicted molar refractivity (Wildman–Crippen MR) is 120 cm³/mol. The molecule has 0 bridgehead atoms. The molecule has 3 aromatic rings. The summed E-state index contributed by atoms with van der Waals surface area (Å²) in [5.41, 5.74) is 4.37. The van der Waals surface area contributed by atoms with Gasteiger partial charge in [0, 0.05) is 42.5 Å². The Morgan fingerprint density at radius 2 is 1.52 bits per heavy atom. The summed E-state index contributed by atoms with van der Waals surface area (Å²) in [4.78, 5) is 17.5. The first-order valence-corrected chi connectivity index (χ1v) is 10.5. The molecule has 0 aromatic heterocycles. The van der Waals surface area contributed by atoms with Crippen LogP contribution in [0, 0.1) is 0 Å². The topological polar surface area (TPSA) is 23.6 Å². The van der Waals surface area contributed by atoms with Gasteiger partial charge in [-0.05, 0) is 48.2 Å². The first-order chi connectivity index (χ1) is 14.2. The fraction of sp³-hybridized carbons (Fsp3) is 0.240. The third kappa shape index (κ3) is 4.80. The Labute approximate surface area is 177 Å². The lowest BCUT2D eigenvalue weighted by Crippen LogP contribution is -2.49. The second-order valence-corrected chi connectivity index (χ2v) is 7.84. The number of rotatable bonds is 5. The summed E-state index contributed by atoms with van der Waals surface area (Å²) in [6, 6.07) is 26.4. The lowest BCUT2D eigenvalue weighted by atomic mass is 9.99. The van der Waals surface area contributed by atoms with Gasteiger partial charge in [0.25, 0.3) is 5.91 Å². The normalized spacial score (nSPS) is 14.1. The molecule has 0 atom stereocenters. The summed E-state index contributed by atoms with van der Waals surface area (Å²) in [7, 11) is 0. The summed E-state index contributed by atoms with van der Waals surface area (Å²) in [5.74, 6) is 0.138. The fourth-order valence-corrected chi connectivity index (χ4v) is 4.07. The number of hydrogen-bond acceptors (Lipinski definition) is 2. The molecule has 4 heteroatoms. The van der Waals surface area contributed by atoms with E-state index >= 15 is 0 Å². The van der Waals surface area contributed by atoms with Crippen molar-refractivity contribution in [3.05, 3.63) is 101 Å². The third-order valence-corrected chi connectivity index (χ3v) is 5.75. The number of piperazine rings is 1. The number of hydrogen-bond donors (Lipinski definition) is 0. The minimum Gasteiger partial charge on any atom is -0.368 e. The van der Waals surface area contributed by atoms with E-state index in [1.54, 1.807) is 0 Å². The van der Waals surface area contributed by atoms with Crippen molar-refractivity contribution in [1.82, 2.24) is 4.90 Å². The molecule has 29 heavy (non-hydrogen) atoms. The van der Waals surface area contributed by atoms with Crippen LogP contribution in [0.15, 0.2) is 78.9 Å². The quantitative estimate of drug-likeness (QED) is 0.591. The zero-order chi connectivity index (χ0) is 20.1. The second-order valence-electron chi connectivity index (χ2n) is 7.40. The molecule has 0 spiro atoms. The van der Waals surface area contributed by atoms with Gasteiger partial charge in [0.2, 0.25) is 0 Å². The van der Waals surface area contributed by atoms with E-state index in [0.29, 0.717) is 0 Å². The van der Waals surface area contributed by atoms with Crippen LogP contribution < -0.4 is 4.90 Å². The van der Waals surface area contributed by atoms with E-state index in [-0.39, 0.29) is 5.91 Å². The first-order valence-electron chi connectivity index (χ1n) is 10.1. The highest BCUT2D eigenvalue weighted by atomic mass is 35.5. The molecule has 0 N–H and O–H groups in total. The van der Waals surface area contributed by atoms with Crippen LogP contribution in [-0.4, -0.2) is 37.0 Å². The molecule has 1 aliphatic heterocycles. The van der Waals surface area contributed by atoms with E-state index < -0.39 is 0 Å². The van der Waals surface area contributed by atoms with Gasteiger partial charge in [0.05, 0.1) is 0 Å². The number of carbonyl (C=O) groups excluding carboxylic acids is 1. The Hall–Kier alpha value is -2.78. The first kappa shape index (κ1) is 19.5. The van der Waals surface area contributed by atoms with Crippen molar-refractivity contribution in [2.24, 2.45) is 0 Å². The van der Waals surface area contributed by atoms with Crippen LogP contribution in [0.3, 0.4) is 0 Å². The van der Waals surface area contributed by atoms with Gasteiger partial charge in [-0.1, -0.05) is 66.2 Å². The van der Waals surface area contributed by atoms with Gasteiger partial charge in [-0.2, -0.15) is 0 Å². The molecule has 1 fully saturated rings. The van der Waals surface area contributed by atoms with Gasteiger partial charge in [-0.3, -0.25) is 4.79 Å². The van der Waals surface area contributed by atoms with Crippen molar-refractivity contribution in [2.45, 2.75) is 12.8 Å².